The summed E-state index contributed by atoms with van der Waals surface area (Å²) >= 11 is 0. The van der Waals surface area contributed by atoms with Gasteiger partial charge < -0.3 is 14.2 Å². The Labute approximate surface area is 129 Å². The zero-order valence-corrected chi connectivity index (χ0v) is 12.2. The lowest BCUT2D eigenvalue weighted by atomic mass is 10.0. The number of hydrogen-bond acceptors (Lipinski definition) is 4. The molecule has 4 nitrogen and oxygen atoms in total. The summed E-state index contributed by atoms with van der Waals surface area (Å²) in [7, 11) is 0. The Morgan fingerprint density at radius 3 is 2.68 bits per heavy atom. The number of fused-ring (bicyclic) bond motifs is 1. The second-order valence-corrected chi connectivity index (χ2v) is 4.74. The van der Waals surface area contributed by atoms with Crippen LogP contribution in [0.25, 0.3) is 11.6 Å². The van der Waals surface area contributed by atoms with E-state index in [9.17, 15) is 5.26 Å². The van der Waals surface area contributed by atoms with Crippen LogP contribution in [0.4, 0.5) is 0 Å². The molecule has 3 rings (SSSR count). The van der Waals surface area contributed by atoms with Crippen molar-refractivity contribution in [2.45, 2.75) is 6.92 Å². The summed E-state index contributed by atoms with van der Waals surface area (Å²) in [6.07, 6.45) is 1.84. The van der Waals surface area contributed by atoms with Crippen molar-refractivity contribution < 1.29 is 14.2 Å². The number of nitriles is 1. The summed E-state index contributed by atoms with van der Waals surface area (Å²) in [6.45, 7) is 2.81. The minimum atomic E-state index is 0.225. The molecule has 1 aliphatic heterocycles. The van der Waals surface area contributed by atoms with Crippen LogP contribution in [0.15, 0.2) is 42.5 Å². The molecule has 0 saturated carbocycles. The fourth-order valence-corrected chi connectivity index (χ4v) is 2.24. The molecule has 2 aromatic rings. The molecule has 0 saturated heterocycles. The minimum absolute atomic E-state index is 0.225. The van der Waals surface area contributed by atoms with E-state index in [1.165, 1.54) is 0 Å². The van der Waals surface area contributed by atoms with Gasteiger partial charge in [0.05, 0.1) is 18.2 Å². The van der Waals surface area contributed by atoms with E-state index in [4.69, 9.17) is 14.2 Å². The Balaban J connectivity index is 1.88. The van der Waals surface area contributed by atoms with E-state index < -0.39 is 0 Å². The predicted octanol–water partition coefficient (Wildman–Crippen LogP) is 3.88. The van der Waals surface area contributed by atoms with E-state index in [1.807, 2.05) is 55.5 Å². The molecule has 0 N–H and O–H groups in total. The Kier molecular flexibility index (Phi) is 3.97. The largest absolute Gasteiger partial charge is 0.494 e. The topological polar surface area (TPSA) is 51.5 Å². The molecule has 2 aromatic carbocycles. The number of nitrogens with zero attached hydrogens (tertiary/aromatic N) is 1. The predicted molar refractivity (Wildman–Crippen MR) is 83.7 cm³/mol. The fraction of sp³-hybridized carbons (Fsp3) is 0.167. The molecule has 0 bridgehead atoms. The van der Waals surface area contributed by atoms with Crippen LogP contribution >= 0.6 is 0 Å². The van der Waals surface area contributed by atoms with Gasteiger partial charge in [0.15, 0.2) is 11.5 Å². The van der Waals surface area contributed by atoms with Gasteiger partial charge in [-0.25, -0.2) is 0 Å². The number of rotatable bonds is 4. The van der Waals surface area contributed by atoms with Gasteiger partial charge in [0.2, 0.25) is 6.79 Å². The lowest BCUT2D eigenvalue weighted by Crippen LogP contribution is -1.92. The molecule has 0 fully saturated rings. The van der Waals surface area contributed by atoms with Crippen molar-refractivity contribution in [3.8, 4) is 23.3 Å². The van der Waals surface area contributed by atoms with E-state index >= 15 is 0 Å². The van der Waals surface area contributed by atoms with Crippen LogP contribution in [-0.4, -0.2) is 13.4 Å². The first-order valence-corrected chi connectivity index (χ1v) is 7.05. The molecular formula is C18H15NO3. The Morgan fingerprint density at radius 2 is 1.95 bits per heavy atom. The summed E-state index contributed by atoms with van der Waals surface area (Å²) in [5, 5.41) is 9.41. The summed E-state index contributed by atoms with van der Waals surface area (Å²) in [5.41, 5.74) is 2.32. The first-order chi connectivity index (χ1) is 10.8. The van der Waals surface area contributed by atoms with Crippen molar-refractivity contribution in [3.63, 3.8) is 0 Å². The molecule has 0 aromatic heterocycles. The van der Waals surface area contributed by atoms with Crippen LogP contribution in [0.1, 0.15) is 18.1 Å². The maximum Gasteiger partial charge on any atom is 0.231 e. The van der Waals surface area contributed by atoms with Crippen LogP contribution in [0.5, 0.6) is 17.2 Å². The molecule has 0 unspecified atom stereocenters. The normalized spacial score (nSPS) is 12.8. The molecule has 0 atom stereocenters. The van der Waals surface area contributed by atoms with Crippen LogP contribution in [0.2, 0.25) is 0 Å². The third-order valence-corrected chi connectivity index (χ3v) is 3.31. The number of benzene rings is 2. The maximum absolute atomic E-state index is 9.41. The van der Waals surface area contributed by atoms with E-state index in [-0.39, 0.29) is 6.79 Å². The average molecular weight is 293 g/mol. The van der Waals surface area contributed by atoms with Crippen molar-refractivity contribution in [1.82, 2.24) is 0 Å². The summed E-state index contributed by atoms with van der Waals surface area (Å²) in [4.78, 5) is 0. The van der Waals surface area contributed by atoms with E-state index in [1.54, 1.807) is 0 Å². The second-order valence-electron chi connectivity index (χ2n) is 4.74. The van der Waals surface area contributed by atoms with Gasteiger partial charge in [0.1, 0.15) is 5.75 Å². The van der Waals surface area contributed by atoms with Crippen LogP contribution in [0, 0.1) is 11.3 Å². The zero-order valence-electron chi connectivity index (χ0n) is 12.2. The van der Waals surface area contributed by atoms with Crippen molar-refractivity contribution in [3.05, 3.63) is 53.6 Å². The Morgan fingerprint density at radius 1 is 1.18 bits per heavy atom. The van der Waals surface area contributed by atoms with Crippen LogP contribution in [-0.2, 0) is 0 Å². The number of hydrogen-bond donors (Lipinski definition) is 0. The highest BCUT2D eigenvalue weighted by Crippen LogP contribution is 2.34. The molecule has 0 spiro atoms. The third kappa shape index (κ3) is 2.89. The minimum Gasteiger partial charge on any atom is -0.494 e. The molecule has 0 amide bonds. The first-order valence-electron chi connectivity index (χ1n) is 7.05. The zero-order chi connectivity index (χ0) is 15.4. The van der Waals surface area contributed by atoms with Crippen LogP contribution < -0.4 is 14.2 Å². The average Bonchev–Trinajstić information content (AvgIpc) is 3.02. The summed E-state index contributed by atoms with van der Waals surface area (Å²) in [6, 6.07) is 15.4. The fourth-order valence-electron chi connectivity index (χ4n) is 2.24. The van der Waals surface area contributed by atoms with Gasteiger partial charge in [-0.2, -0.15) is 5.26 Å². The van der Waals surface area contributed by atoms with Crippen molar-refractivity contribution in [1.29, 1.82) is 5.26 Å². The Hall–Kier alpha value is -2.93. The van der Waals surface area contributed by atoms with E-state index in [0.29, 0.717) is 23.7 Å². The van der Waals surface area contributed by atoms with Gasteiger partial charge in [0, 0.05) is 0 Å². The highest BCUT2D eigenvalue weighted by Gasteiger charge is 2.14. The molecular weight excluding hydrogens is 278 g/mol. The van der Waals surface area contributed by atoms with Crippen molar-refractivity contribution >= 4 is 11.6 Å². The highest BCUT2D eigenvalue weighted by molar-refractivity contribution is 5.90. The van der Waals surface area contributed by atoms with Gasteiger partial charge in [-0.3, -0.25) is 0 Å². The second kappa shape index (κ2) is 6.23. The quantitative estimate of drug-likeness (QED) is 0.634. The van der Waals surface area contributed by atoms with Gasteiger partial charge in [-0.1, -0.05) is 12.1 Å². The van der Waals surface area contributed by atoms with Gasteiger partial charge >= 0.3 is 0 Å². The smallest absolute Gasteiger partial charge is 0.231 e. The molecule has 0 radical (unpaired) electrons. The maximum atomic E-state index is 9.41. The standard InChI is InChI=1S/C18H15NO3/c1-2-20-16-6-3-13(4-7-16)9-15(11-19)14-5-8-17-18(10-14)22-12-21-17/h3-10H,2,12H2,1H3. The first kappa shape index (κ1) is 14.0. The molecule has 1 heterocycles. The van der Waals surface area contributed by atoms with Crippen molar-refractivity contribution in [2.75, 3.05) is 13.4 Å². The summed E-state index contributed by atoms with van der Waals surface area (Å²) < 4.78 is 16.0. The number of ether oxygens (including phenoxy) is 3. The number of allylic oxidation sites excluding steroid dienone is 1. The molecule has 1 aliphatic rings. The highest BCUT2D eigenvalue weighted by atomic mass is 16.7. The Bertz CT molecular complexity index is 742. The van der Waals surface area contributed by atoms with Gasteiger partial charge in [0.25, 0.3) is 0 Å². The SMILES string of the molecule is CCOc1ccc(C=C(C#N)c2ccc3c(c2)OCO3)cc1. The molecule has 0 aliphatic carbocycles. The lowest BCUT2D eigenvalue weighted by molar-refractivity contribution is 0.174. The molecule has 22 heavy (non-hydrogen) atoms. The van der Waals surface area contributed by atoms with Gasteiger partial charge in [-0.05, 0) is 54.5 Å². The van der Waals surface area contributed by atoms with E-state index in [0.717, 1.165) is 16.9 Å². The van der Waals surface area contributed by atoms with Gasteiger partial charge in [-0.15, -0.1) is 0 Å². The molecule has 110 valence electrons. The summed E-state index contributed by atoms with van der Waals surface area (Å²) in [5.74, 6) is 2.20. The third-order valence-electron chi connectivity index (χ3n) is 3.31. The lowest BCUT2D eigenvalue weighted by Gasteiger charge is -2.04. The van der Waals surface area contributed by atoms with Crippen molar-refractivity contribution in [2.24, 2.45) is 0 Å². The van der Waals surface area contributed by atoms with E-state index in [2.05, 4.69) is 6.07 Å². The van der Waals surface area contributed by atoms with Crippen LogP contribution in [0.3, 0.4) is 0 Å². The molecule has 4 heteroatoms. The monoisotopic (exact) mass is 293 g/mol.